The Hall–Kier alpha value is -5.02. The van der Waals surface area contributed by atoms with Crippen LogP contribution >= 0.6 is 0 Å². The smallest absolute Gasteiger partial charge is 0.164 e. The first kappa shape index (κ1) is 19.2. The minimum Gasteiger partial charge on any atom is -0.455 e. The molecule has 0 atom stereocenters. The van der Waals surface area contributed by atoms with Gasteiger partial charge in [-0.1, -0.05) is 91.0 Å². The molecular formula is C34H18N2O. The Morgan fingerprint density at radius 1 is 0.514 bits per heavy atom. The fourth-order valence-corrected chi connectivity index (χ4v) is 6.21. The van der Waals surface area contributed by atoms with Gasteiger partial charge in [-0.15, -0.1) is 0 Å². The van der Waals surface area contributed by atoms with Crippen LogP contribution in [0.2, 0.25) is 0 Å². The summed E-state index contributed by atoms with van der Waals surface area (Å²) in [6, 6.07) is 38.2. The molecule has 0 spiro atoms. The van der Waals surface area contributed by atoms with Gasteiger partial charge in [0.25, 0.3) is 0 Å². The molecule has 2 aromatic heterocycles. The van der Waals surface area contributed by atoms with Crippen molar-refractivity contribution in [3.63, 3.8) is 0 Å². The van der Waals surface area contributed by atoms with Crippen LogP contribution < -0.4 is 0 Å². The molecule has 0 amide bonds. The third kappa shape index (κ3) is 2.45. The number of furan rings is 1. The van der Waals surface area contributed by atoms with Gasteiger partial charge >= 0.3 is 0 Å². The van der Waals surface area contributed by atoms with Crippen LogP contribution in [0.15, 0.2) is 114 Å². The summed E-state index contributed by atoms with van der Waals surface area (Å²) in [5.74, 6) is 0.680. The molecule has 0 aliphatic rings. The monoisotopic (exact) mass is 470 g/mol. The second kappa shape index (κ2) is 6.80. The van der Waals surface area contributed by atoms with Crippen LogP contribution in [0.3, 0.4) is 0 Å². The van der Waals surface area contributed by atoms with Gasteiger partial charge in [0.1, 0.15) is 11.2 Å². The van der Waals surface area contributed by atoms with Gasteiger partial charge < -0.3 is 4.42 Å². The van der Waals surface area contributed by atoms with Crippen LogP contribution in [-0.2, 0) is 0 Å². The Morgan fingerprint density at radius 3 is 2.19 bits per heavy atom. The topological polar surface area (TPSA) is 38.9 Å². The van der Waals surface area contributed by atoms with E-state index in [2.05, 4.69) is 91.0 Å². The molecule has 0 fully saturated rings. The van der Waals surface area contributed by atoms with Gasteiger partial charge in [0.2, 0.25) is 0 Å². The summed E-state index contributed by atoms with van der Waals surface area (Å²) in [6.45, 7) is 0. The molecule has 0 aliphatic carbocycles. The summed E-state index contributed by atoms with van der Waals surface area (Å²) in [5.41, 5.74) is 5.60. The van der Waals surface area contributed by atoms with Crippen molar-refractivity contribution < 1.29 is 4.42 Å². The molecule has 0 saturated carbocycles. The molecule has 3 nitrogen and oxygen atoms in total. The molecule has 0 N–H and O–H groups in total. The maximum absolute atomic E-state index is 6.64. The highest BCUT2D eigenvalue weighted by Crippen LogP contribution is 2.48. The Kier molecular flexibility index (Phi) is 3.53. The third-order valence-corrected chi connectivity index (χ3v) is 7.77. The average Bonchev–Trinajstić information content (AvgIpc) is 3.36. The van der Waals surface area contributed by atoms with Crippen molar-refractivity contribution in [2.24, 2.45) is 0 Å². The van der Waals surface area contributed by atoms with Gasteiger partial charge in [0.05, 0.1) is 16.8 Å². The van der Waals surface area contributed by atoms with Gasteiger partial charge in [-0.05, 0) is 45.1 Å². The quantitative estimate of drug-likeness (QED) is 0.187. The Labute approximate surface area is 211 Å². The fraction of sp³-hybridized carbons (Fsp3) is 0. The molecule has 2 heterocycles. The summed E-state index contributed by atoms with van der Waals surface area (Å²) in [6.07, 6.45) is 0. The SMILES string of the molecule is c1ccc(-c2nc(-c3cc4ccc5cccc6c7cccc8oc3c(c87)c4c56)nc3ccccc23)cc1. The van der Waals surface area contributed by atoms with E-state index in [4.69, 9.17) is 14.4 Å². The first-order chi connectivity index (χ1) is 18.3. The zero-order chi connectivity index (χ0) is 24.1. The maximum Gasteiger partial charge on any atom is 0.164 e. The van der Waals surface area contributed by atoms with Crippen molar-refractivity contribution in [3.8, 4) is 22.6 Å². The van der Waals surface area contributed by atoms with Crippen molar-refractivity contribution in [1.82, 2.24) is 9.97 Å². The van der Waals surface area contributed by atoms with E-state index in [0.717, 1.165) is 38.9 Å². The van der Waals surface area contributed by atoms with E-state index in [1.165, 1.54) is 43.1 Å². The number of fused-ring (bicyclic) bond motifs is 2. The number of hydrogen-bond acceptors (Lipinski definition) is 3. The summed E-state index contributed by atoms with van der Waals surface area (Å²) >= 11 is 0. The predicted octanol–water partition coefficient (Wildman–Crippen LogP) is 9.20. The molecule has 3 heteroatoms. The lowest BCUT2D eigenvalue weighted by molar-refractivity contribution is 0.670. The van der Waals surface area contributed by atoms with E-state index in [0.29, 0.717) is 5.82 Å². The predicted molar refractivity (Wildman–Crippen MR) is 153 cm³/mol. The molecule has 170 valence electrons. The van der Waals surface area contributed by atoms with Crippen molar-refractivity contribution in [3.05, 3.63) is 109 Å². The van der Waals surface area contributed by atoms with E-state index >= 15 is 0 Å². The highest BCUT2D eigenvalue weighted by Gasteiger charge is 2.24. The first-order valence-corrected chi connectivity index (χ1v) is 12.5. The molecule has 37 heavy (non-hydrogen) atoms. The van der Waals surface area contributed by atoms with Crippen molar-refractivity contribution >= 4 is 65.2 Å². The summed E-state index contributed by atoms with van der Waals surface area (Å²) in [5, 5.41) is 10.9. The molecule has 0 saturated heterocycles. The second-order valence-electron chi connectivity index (χ2n) is 9.76. The van der Waals surface area contributed by atoms with E-state index in [-0.39, 0.29) is 0 Å². The van der Waals surface area contributed by atoms with Gasteiger partial charge in [0, 0.05) is 27.1 Å². The van der Waals surface area contributed by atoms with Crippen LogP contribution in [-0.4, -0.2) is 9.97 Å². The second-order valence-corrected chi connectivity index (χ2v) is 9.76. The van der Waals surface area contributed by atoms with E-state index < -0.39 is 0 Å². The number of benzene rings is 7. The maximum atomic E-state index is 6.64. The van der Waals surface area contributed by atoms with Crippen molar-refractivity contribution in [1.29, 1.82) is 0 Å². The van der Waals surface area contributed by atoms with E-state index in [9.17, 15) is 0 Å². The van der Waals surface area contributed by atoms with Crippen molar-refractivity contribution in [2.75, 3.05) is 0 Å². The third-order valence-electron chi connectivity index (χ3n) is 7.77. The van der Waals surface area contributed by atoms with E-state index in [1.54, 1.807) is 0 Å². The molecule has 0 bridgehead atoms. The molecule has 9 aromatic rings. The summed E-state index contributed by atoms with van der Waals surface area (Å²) < 4.78 is 6.64. The lowest BCUT2D eigenvalue weighted by Crippen LogP contribution is -1.96. The lowest BCUT2D eigenvalue weighted by atomic mass is 9.88. The van der Waals surface area contributed by atoms with Crippen LogP contribution in [0.5, 0.6) is 0 Å². The van der Waals surface area contributed by atoms with Crippen LogP contribution in [0.4, 0.5) is 0 Å². The fourth-order valence-electron chi connectivity index (χ4n) is 6.21. The number of hydrogen-bond donors (Lipinski definition) is 0. The molecule has 9 rings (SSSR count). The highest BCUT2D eigenvalue weighted by molar-refractivity contribution is 6.40. The van der Waals surface area contributed by atoms with E-state index in [1.807, 2.05) is 18.2 Å². The van der Waals surface area contributed by atoms with Gasteiger partial charge in [-0.25, -0.2) is 9.97 Å². The Bertz CT molecular complexity index is 2300. The molecule has 0 unspecified atom stereocenters. The Balaban J connectivity index is 1.48. The number of rotatable bonds is 2. The zero-order valence-corrected chi connectivity index (χ0v) is 19.7. The van der Waals surface area contributed by atoms with Crippen LogP contribution in [0, 0.1) is 0 Å². The largest absolute Gasteiger partial charge is 0.455 e. The normalized spacial score (nSPS) is 12.3. The molecule has 0 radical (unpaired) electrons. The number of para-hydroxylation sites is 1. The lowest BCUT2D eigenvalue weighted by Gasteiger charge is -2.14. The highest BCUT2D eigenvalue weighted by atomic mass is 16.3. The Morgan fingerprint density at radius 2 is 1.27 bits per heavy atom. The summed E-state index contributed by atoms with van der Waals surface area (Å²) in [4.78, 5) is 10.2. The minimum atomic E-state index is 0.680. The number of aromatic nitrogens is 2. The number of nitrogens with zero attached hydrogens (tertiary/aromatic N) is 2. The zero-order valence-electron chi connectivity index (χ0n) is 19.7. The minimum absolute atomic E-state index is 0.680. The first-order valence-electron chi connectivity index (χ1n) is 12.5. The molecule has 7 aromatic carbocycles. The van der Waals surface area contributed by atoms with Gasteiger partial charge in [0.15, 0.2) is 5.82 Å². The van der Waals surface area contributed by atoms with Gasteiger partial charge in [-0.3, -0.25) is 0 Å². The molecule has 0 aliphatic heterocycles. The standard InChI is InChI=1S/C34H18N2O/c1-2-8-20(9-3-1)32-24-11-4-5-14-26(24)35-34(36-32)25-18-21-17-16-19-10-6-12-22-23-13-7-15-27-30(23)31(33(25)37-27)29(21)28(19)22/h1-18H. The molecular weight excluding hydrogens is 452 g/mol. The summed E-state index contributed by atoms with van der Waals surface area (Å²) in [7, 11) is 0. The van der Waals surface area contributed by atoms with Crippen LogP contribution in [0.1, 0.15) is 0 Å². The average molecular weight is 471 g/mol. The van der Waals surface area contributed by atoms with Crippen molar-refractivity contribution in [2.45, 2.75) is 0 Å². The van der Waals surface area contributed by atoms with Gasteiger partial charge in [-0.2, -0.15) is 0 Å². The van der Waals surface area contributed by atoms with Crippen LogP contribution in [0.25, 0.3) is 87.8 Å².